The fourth-order valence-electron chi connectivity index (χ4n) is 2.69. The molecule has 1 amide bonds. The van der Waals surface area contributed by atoms with Crippen LogP contribution in [0.3, 0.4) is 0 Å². The van der Waals surface area contributed by atoms with Crippen molar-refractivity contribution in [3.63, 3.8) is 0 Å². The first-order valence-electron chi connectivity index (χ1n) is 8.78. The molecule has 0 saturated heterocycles. The lowest BCUT2D eigenvalue weighted by atomic mass is 10.2. The molecular weight excluding hydrogens is 402 g/mol. The molecule has 3 aromatic rings. The van der Waals surface area contributed by atoms with Crippen molar-refractivity contribution in [1.29, 1.82) is 0 Å². The summed E-state index contributed by atoms with van der Waals surface area (Å²) < 4.78 is 39.7. The number of halogens is 2. The third-order valence-electron chi connectivity index (χ3n) is 3.86. The molecule has 0 radical (unpaired) electrons. The second-order valence-electron chi connectivity index (χ2n) is 6.12. The first-order chi connectivity index (χ1) is 13.9. The lowest BCUT2D eigenvalue weighted by molar-refractivity contribution is -0.143. The lowest BCUT2D eigenvalue weighted by Gasteiger charge is -2.06. The zero-order valence-corrected chi connectivity index (χ0v) is 16.6. The van der Waals surface area contributed by atoms with E-state index in [4.69, 9.17) is 9.47 Å². The molecule has 0 aliphatic carbocycles. The van der Waals surface area contributed by atoms with Gasteiger partial charge in [-0.15, -0.1) is 0 Å². The fourth-order valence-corrected chi connectivity index (χ4v) is 3.77. The van der Waals surface area contributed by atoms with Crippen LogP contribution in [0.2, 0.25) is 0 Å². The molecule has 0 spiro atoms. The van der Waals surface area contributed by atoms with Crippen molar-refractivity contribution in [3.05, 3.63) is 58.4 Å². The Balaban J connectivity index is 1.94. The lowest BCUT2D eigenvalue weighted by Crippen LogP contribution is -2.24. The summed E-state index contributed by atoms with van der Waals surface area (Å²) in [5.41, 5.74) is 0.955. The van der Waals surface area contributed by atoms with Gasteiger partial charge in [0, 0.05) is 6.07 Å². The van der Waals surface area contributed by atoms with E-state index in [-0.39, 0.29) is 34.8 Å². The van der Waals surface area contributed by atoms with Gasteiger partial charge in [0.25, 0.3) is 5.91 Å². The number of hydrogen-bond acceptors (Lipinski definition) is 5. The third kappa shape index (κ3) is 5.05. The van der Waals surface area contributed by atoms with Crippen LogP contribution in [-0.2, 0) is 20.9 Å². The number of fused-ring (bicyclic) bond motifs is 1. The summed E-state index contributed by atoms with van der Waals surface area (Å²) in [6, 6.07) is 9.00. The maximum atomic E-state index is 14.3. The van der Waals surface area contributed by atoms with Crippen molar-refractivity contribution in [1.82, 2.24) is 4.57 Å². The Hall–Kier alpha value is -3.07. The molecule has 0 N–H and O–H groups in total. The number of amides is 1. The molecule has 2 aromatic carbocycles. The Labute approximate surface area is 169 Å². The van der Waals surface area contributed by atoms with Gasteiger partial charge in [0.05, 0.1) is 16.8 Å². The molecule has 1 aromatic heterocycles. The number of hydrogen-bond donors (Lipinski definition) is 0. The quantitative estimate of drug-likeness (QED) is 0.574. The summed E-state index contributed by atoms with van der Waals surface area (Å²) in [5, 5.41) is 0. The number of thiazole rings is 1. The van der Waals surface area contributed by atoms with Gasteiger partial charge in [-0.25, -0.2) is 8.78 Å². The highest BCUT2D eigenvalue weighted by atomic mass is 32.1. The summed E-state index contributed by atoms with van der Waals surface area (Å²) in [6.45, 7) is 2.98. The van der Waals surface area contributed by atoms with Crippen LogP contribution in [-0.4, -0.2) is 29.7 Å². The third-order valence-corrected chi connectivity index (χ3v) is 4.89. The number of ether oxygens (including phenoxy) is 2. The van der Waals surface area contributed by atoms with E-state index < -0.39 is 23.5 Å². The highest BCUT2D eigenvalue weighted by Gasteiger charge is 2.17. The zero-order chi connectivity index (χ0) is 21.0. The highest BCUT2D eigenvalue weighted by Crippen LogP contribution is 2.22. The van der Waals surface area contributed by atoms with Crippen LogP contribution in [0.5, 0.6) is 5.75 Å². The van der Waals surface area contributed by atoms with Crippen molar-refractivity contribution < 1.29 is 27.8 Å². The molecule has 29 heavy (non-hydrogen) atoms. The van der Waals surface area contributed by atoms with E-state index in [1.54, 1.807) is 25.1 Å². The van der Waals surface area contributed by atoms with Gasteiger partial charge in [0.2, 0.25) is 0 Å². The van der Waals surface area contributed by atoms with Crippen molar-refractivity contribution in [3.8, 4) is 5.75 Å². The largest absolute Gasteiger partial charge is 0.484 e. The monoisotopic (exact) mass is 420 g/mol. The summed E-state index contributed by atoms with van der Waals surface area (Å²) >= 11 is 0.897. The van der Waals surface area contributed by atoms with Gasteiger partial charge in [0.1, 0.15) is 18.1 Å². The van der Waals surface area contributed by atoms with Crippen LogP contribution in [0.25, 0.3) is 10.2 Å². The molecule has 3 rings (SSSR count). The topological polar surface area (TPSA) is 69.9 Å². The first-order valence-corrected chi connectivity index (χ1v) is 9.60. The van der Waals surface area contributed by atoms with Gasteiger partial charge in [-0.05, 0) is 37.6 Å². The Kier molecular flexibility index (Phi) is 6.38. The van der Waals surface area contributed by atoms with Crippen molar-refractivity contribution in [2.45, 2.75) is 20.4 Å². The van der Waals surface area contributed by atoms with E-state index >= 15 is 0 Å². The van der Waals surface area contributed by atoms with Gasteiger partial charge in [-0.1, -0.05) is 23.5 Å². The Morgan fingerprint density at radius 1 is 1.21 bits per heavy atom. The molecule has 0 aliphatic rings. The molecule has 152 valence electrons. The average Bonchev–Trinajstić information content (AvgIpc) is 2.97. The van der Waals surface area contributed by atoms with Crippen LogP contribution >= 0.6 is 11.3 Å². The second-order valence-corrected chi connectivity index (χ2v) is 7.13. The van der Waals surface area contributed by atoms with Gasteiger partial charge in [-0.2, -0.15) is 4.99 Å². The SMILES string of the molecule is CCOC(=O)Cn1c(=NC(=O)COc2cccc(C)c2)sc2cc(F)cc(F)c21. The number of aromatic nitrogens is 1. The van der Waals surface area contributed by atoms with Gasteiger partial charge < -0.3 is 14.0 Å². The number of carbonyl (C=O) groups excluding carboxylic acids is 2. The van der Waals surface area contributed by atoms with Crippen LogP contribution in [0.4, 0.5) is 8.78 Å². The van der Waals surface area contributed by atoms with Gasteiger partial charge in [0.15, 0.2) is 17.2 Å². The smallest absolute Gasteiger partial charge is 0.326 e. The molecule has 0 bridgehead atoms. The van der Waals surface area contributed by atoms with E-state index in [2.05, 4.69) is 4.99 Å². The zero-order valence-electron chi connectivity index (χ0n) is 15.8. The fraction of sp³-hybridized carbons (Fsp3) is 0.250. The average molecular weight is 420 g/mol. The number of rotatable bonds is 6. The van der Waals surface area contributed by atoms with E-state index in [9.17, 15) is 18.4 Å². The molecule has 0 saturated carbocycles. The maximum Gasteiger partial charge on any atom is 0.326 e. The molecule has 0 aliphatic heterocycles. The van der Waals surface area contributed by atoms with Crippen molar-refractivity contribution in [2.24, 2.45) is 4.99 Å². The van der Waals surface area contributed by atoms with E-state index in [0.717, 1.165) is 23.0 Å². The summed E-state index contributed by atoms with van der Waals surface area (Å²) in [4.78, 5) is 28.2. The van der Waals surface area contributed by atoms with Gasteiger partial charge in [-0.3, -0.25) is 9.59 Å². The van der Waals surface area contributed by atoms with E-state index in [1.807, 2.05) is 13.0 Å². The minimum absolute atomic E-state index is 0.0180. The molecule has 6 nitrogen and oxygen atoms in total. The molecule has 1 heterocycles. The number of esters is 1. The van der Waals surface area contributed by atoms with Crippen molar-refractivity contribution >= 4 is 33.4 Å². The highest BCUT2D eigenvalue weighted by molar-refractivity contribution is 7.16. The number of aryl methyl sites for hydroxylation is 1. The van der Waals surface area contributed by atoms with Crippen LogP contribution in [0, 0.1) is 18.6 Å². The summed E-state index contributed by atoms with van der Waals surface area (Å²) in [7, 11) is 0. The van der Waals surface area contributed by atoms with Crippen LogP contribution in [0.1, 0.15) is 12.5 Å². The van der Waals surface area contributed by atoms with E-state index in [1.165, 1.54) is 4.57 Å². The molecular formula is C20H18F2N2O4S. The predicted molar refractivity (Wildman–Crippen MR) is 104 cm³/mol. The Morgan fingerprint density at radius 3 is 2.72 bits per heavy atom. The summed E-state index contributed by atoms with van der Waals surface area (Å²) in [6.07, 6.45) is 0. The summed E-state index contributed by atoms with van der Waals surface area (Å²) in [5.74, 6) is -2.36. The second kappa shape index (κ2) is 8.95. The van der Waals surface area contributed by atoms with Crippen molar-refractivity contribution in [2.75, 3.05) is 13.2 Å². The van der Waals surface area contributed by atoms with Crippen LogP contribution < -0.4 is 9.54 Å². The van der Waals surface area contributed by atoms with Crippen LogP contribution in [0.15, 0.2) is 41.4 Å². The maximum absolute atomic E-state index is 14.3. The first kappa shape index (κ1) is 20.7. The number of benzene rings is 2. The Morgan fingerprint density at radius 2 is 2.00 bits per heavy atom. The number of carbonyl (C=O) groups is 2. The molecule has 9 heteroatoms. The Bertz CT molecular complexity index is 1140. The van der Waals surface area contributed by atoms with Gasteiger partial charge >= 0.3 is 5.97 Å². The number of nitrogens with zero attached hydrogens (tertiary/aromatic N) is 2. The van der Waals surface area contributed by atoms with E-state index in [0.29, 0.717) is 11.8 Å². The molecule has 0 atom stereocenters. The molecule has 0 unspecified atom stereocenters. The minimum atomic E-state index is -0.856. The minimum Gasteiger partial charge on any atom is -0.484 e. The predicted octanol–water partition coefficient (Wildman–Crippen LogP) is 3.36. The standard InChI is InChI=1S/C20H18F2N2O4S/c1-3-27-18(26)10-24-19-15(22)8-13(21)9-16(19)29-20(24)23-17(25)11-28-14-6-4-5-12(2)7-14/h4-9H,3,10-11H2,1-2H3. The molecule has 0 fully saturated rings. The normalized spacial score (nSPS) is 11.7.